The molecule has 4 rings (SSSR count). The number of benzene rings is 1. The largest absolute Gasteiger partial charge is 0.497 e. The molecule has 0 saturated heterocycles. The van der Waals surface area contributed by atoms with Gasteiger partial charge in [-0.05, 0) is 18.2 Å². The quantitative estimate of drug-likeness (QED) is 0.923. The first-order valence-corrected chi connectivity index (χ1v) is 7.43. The molecule has 1 aromatic carbocycles. The van der Waals surface area contributed by atoms with Crippen LogP contribution in [0.5, 0.6) is 11.6 Å². The normalized spacial score (nSPS) is 17.9. The molecule has 1 aromatic heterocycles. The van der Waals surface area contributed by atoms with E-state index in [1.807, 2.05) is 30.4 Å². The van der Waals surface area contributed by atoms with Crippen molar-refractivity contribution in [2.24, 2.45) is 4.99 Å². The maximum Gasteiger partial charge on any atom is 0.224 e. The smallest absolute Gasteiger partial charge is 0.224 e. The van der Waals surface area contributed by atoms with Crippen LogP contribution in [0.1, 0.15) is 5.82 Å². The summed E-state index contributed by atoms with van der Waals surface area (Å²) < 4.78 is 21.0. The summed E-state index contributed by atoms with van der Waals surface area (Å²) in [5, 5.41) is 10.7. The van der Waals surface area contributed by atoms with E-state index in [1.54, 1.807) is 16.8 Å². The van der Waals surface area contributed by atoms with Crippen molar-refractivity contribution in [2.75, 3.05) is 7.11 Å². The summed E-state index contributed by atoms with van der Waals surface area (Å²) in [6.07, 6.45) is 11.0. The van der Waals surface area contributed by atoms with Gasteiger partial charge < -0.3 is 9.84 Å². The second-order valence-corrected chi connectivity index (χ2v) is 5.41. The van der Waals surface area contributed by atoms with Crippen molar-refractivity contribution in [3.05, 3.63) is 60.2 Å². The van der Waals surface area contributed by atoms with Gasteiger partial charge in [0.2, 0.25) is 5.88 Å². The number of rotatable bonds is 2. The number of allylic oxidation sites excluding steroid dienone is 4. The average Bonchev–Trinajstić information content (AvgIpc) is 2.77. The lowest BCUT2D eigenvalue weighted by molar-refractivity contribution is 0.411. The number of aliphatic imine (C=N–C) groups is 1. The van der Waals surface area contributed by atoms with Crippen LogP contribution in [0.3, 0.4) is 0 Å². The lowest BCUT2D eigenvalue weighted by Crippen LogP contribution is -2.17. The molecule has 24 heavy (non-hydrogen) atoms. The standard InChI is InChI=1S/C18H14FN3O2/c1-24-11-7-8-12(13(19)9-11)17-18(23)22-15-6-4-2-3-5-14(15)20-10-16(22)21-17/h2-10,14,23H,1H3. The minimum atomic E-state index is -0.511. The van der Waals surface area contributed by atoms with Gasteiger partial charge in [0, 0.05) is 11.6 Å². The number of fused-ring (bicyclic) bond motifs is 3. The molecule has 1 N–H and O–H groups in total. The second kappa shape index (κ2) is 5.49. The molecule has 6 heteroatoms. The Morgan fingerprint density at radius 1 is 1.25 bits per heavy atom. The first-order chi connectivity index (χ1) is 11.7. The number of aromatic hydroxyl groups is 1. The molecular formula is C18H14FN3O2. The maximum absolute atomic E-state index is 14.4. The minimum absolute atomic E-state index is 0.111. The summed E-state index contributed by atoms with van der Waals surface area (Å²) in [6.45, 7) is 0. The van der Waals surface area contributed by atoms with Crippen molar-refractivity contribution < 1.29 is 14.2 Å². The molecule has 120 valence electrons. The number of nitrogens with zero attached hydrogens (tertiary/aromatic N) is 3. The molecule has 2 aliphatic rings. The van der Waals surface area contributed by atoms with E-state index >= 15 is 0 Å². The summed E-state index contributed by atoms with van der Waals surface area (Å²) in [5.41, 5.74) is 1.15. The van der Waals surface area contributed by atoms with Crippen LogP contribution < -0.4 is 4.74 Å². The Morgan fingerprint density at radius 3 is 2.92 bits per heavy atom. The average molecular weight is 323 g/mol. The van der Waals surface area contributed by atoms with Crippen molar-refractivity contribution in [3.8, 4) is 22.9 Å². The third kappa shape index (κ3) is 2.15. The molecule has 5 nitrogen and oxygen atoms in total. The summed E-state index contributed by atoms with van der Waals surface area (Å²) >= 11 is 0. The third-order valence-corrected chi connectivity index (χ3v) is 4.00. The number of aromatic nitrogens is 2. The van der Waals surface area contributed by atoms with Gasteiger partial charge in [0.1, 0.15) is 23.3 Å². The summed E-state index contributed by atoms with van der Waals surface area (Å²) in [5.74, 6) is 0.246. The lowest BCUT2D eigenvalue weighted by atomic mass is 10.1. The molecule has 0 amide bonds. The predicted molar refractivity (Wildman–Crippen MR) is 89.8 cm³/mol. The number of methoxy groups -OCH3 is 1. The van der Waals surface area contributed by atoms with Crippen molar-refractivity contribution >= 4 is 11.9 Å². The highest BCUT2D eigenvalue weighted by Crippen LogP contribution is 2.37. The molecule has 2 heterocycles. The highest BCUT2D eigenvalue weighted by Gasteiger charge is 2.27. The monoisotopic (exact) mass is 323 g/mol. The van der Waals surface area contributed by atoms with E-state index in [2.05, 4.69) is 9.98 Å². The van der Waals surface area contributed by atoms with Crippen LogP contribution in [0.2, 0.25) is 0 Å². The lowest BCUT2D eigenvalue weighted by Gasteiger charge is -2.19. The number of imidazole rings is 1. The highest BCUT2D eigenvalue weighted by atomic mass is 19.1. The van der Waals surface area contributed by atoms with E-state index in [0.717, 1.165) is 5.70 Å². The van der Waals surface area contributed by atoms with Gasteiger partial charge in [-0.25, -0.2) is 9.37 Å². The van der Waals surface area contributed by atoms with E-state index in [-0.39, 0.29) is 23.2 Å². The van der Waals surface area contributed by atoms with E-state index in [9.17, 15) is 9.50 Å². The van der Waals surface area contributed by atoms with Gasteiger partial charge in [0.05, 0.1) is 19.0 Å². The first kappa shape index (κ1) is 14.4. The Morgan fingerprint density at radius 2 is 2.12 bits per heavy atom. The fourth-order valence-electron chi connectivity index (χ4n) is 2.83. The van der Waals surface area contributed by atoms with Crippen molar-refractivity contribution in [2.45, 2.75) is 6.04 Å². The third-order valence-electron chi connectivity index (χ3n) is 4.00. The second-order valence-electron chi connectivity index (χ2n) is 5.41. The highest BCUT2D eigenvalue weighted by molar-refractivity contribution is 5.86. The topological polar surface area (TPSA) is 59.6 Å². The fraction of sp³-hybridized carbons (Fsp3) is 0.111. The van der Waals surface area contributed by atoms with Crippen LogP contribution in [0.25, 0.3) is 17.0 Å². The van der Waals surface area contributed by atoms with Crippen LogP contribution in [0, 0.1) is 5.82 Å². The SMILES string of the molecule is COc1ccc(-c2nc3n(c2O)C2=CC=CC=CC2N=C3)c(F)c1. The van der Waals surface area contributed by atoms with Crippen LogP contribution in [0.4, 0.5) is 4.39 Å². The van der Waals surface area contributed by atoms with Gasteiger partial charge in [-0.3, -0.25) is 9.56 Å². The molecule has 1 aliphatic carbocycles. The molecule has 0 spiro atoms. The molecule has 0 fully saturated rings. The Labute approximate surface area is 137 Å². The molecule has 2 aromatic rings. The van der Waals surface area contributed by atoms with Crippen molar-refractivity contribution in [3.63, 3.8) is 0 Å². The van der Waals surface area contributed by atoms with Crippen molar-refractivity contribution in [1.29, 1.82) is 0 Å². The number of ether oxygens (including phenoxy) is 1. The van der Waals surface area contributed by atoms with Gasteiger partial charge in [0.15, 0.2) is 5.82 Å². The zero-order valence-electron chi connectivity index (χ0n) is 12.8. The van der Waals surface area contributed by atoms with Gasteiger partial charge in [-0.1, -0.05) is 24.3 Å². The summed E-state index contributed by atoms with van der Waals surface area (Å²) in [7, 11) is 1.47. The van der Waals surface area contributed by atoms with Gasteiger partial charge >= 0.3 is 0 Å². The van der Waals surface area contributed by atoms with Gasteiger partial charge in [-0.15, -0.1) is 0 Å². The summed E-state index contributed by atoms with van der Waals surface area (Å²) in [4.78, 5) is 8.77. The maximum atomic E-state index is 14.4. The van der Waals surface area contributed by atoms with Crippen LogP contribution in [-0.2, 0) is 0 Å². The number of halogens is 1. The molecule has 1 unspecified atom stereocenters. The first-order valence-electron chi connectivity index (χ1n) is 7.43. The Kier molecular flexibility index (Phi) is 3.30. The molecule has 1 atom stereocenters. The Balaban J connectivity index is 1.88. The molecule has 0 radical (unpaired) electrons. The summed E-state index contributed by atoms with van der Waals surface area (Å²) in [6, 6.07) is 4.23. The predicted octanol–water partition coefficient (Wildman–Crippen LogP) is 3.17. The zero-order valence-corrected chi connectivity index (χ0v) is 12.8. The molecule has 1 aliphatic heterocycles. The fourth-order valence-corrected chi connectivity index (χ4v) is 2.83. The number of hydrogen-bond donors (Lipinski definition) is 1. The molecule has 0 bridgehead atoms. The Bertz CT molecular complexity index is 938. The molecular weight excluding hydrogens is 309 g/mol. The minimum Gasteiger partial charge on any atom is -0.497 e. The molecule has 0 saturated carbocycles. The van der Waals surface area contributed by atoms with Gasteiger partial charge in [0.25, 0.3) is 0 Å². The van der Waals surface area contributed by atoms with Crippen LogP contribution >= 0.6 is 0 Å². The zero-order chi connectivity index (χ0) is 16.7. The Hall–Kier alpha value is -3.15. The van der Waals surface area contributed by atoms with E-state index in [1.165, 1.54) is 19.2 Å². The number of hydrogen-bond acceptors (Lipinski definition) is 4. The van der Waals surface area contributed by atoms with Gasteiger partial charge in [-0.2, -0.15) is 0 Å². The van der Waals surface area contributed by atoms with Crippen molar-refractivity contribution in [1.82, 2.24) is 9.55 Å². The van der Waals surface area contributed by atoms with E-state index in [4.69, 9.17) is 4.74 Å². The van der Waals surface area contributed by atoms with E-state index < -0.39 is 5.82 Å². The van der Waals surface area contributed by atoms with Crippen LogP contribution in [-0.4, -0.2) is 34.0 Å². The van der Waals surface area contributed by atoms with Crippen LogP contribution in [0.15, 0.2) is 53.6 Å². The van der Waals surface area contributed by atoms with E-state index in [0.29, 0.717) is 11.6 Å².